The van der Waals surface area contributed by atoms with Gasteiger partial charge in [0.25, 0.3) is 5.91 Å². The van der Waals surface area contributed by atoms with Crippen LogP contribution in [0, 0.1) is 17.8 Å². The van der Waals surface area contributed by atoms with Gasteiger partial charge >= 0.3 is 11.9 Å². The maximum Gasteiger partial charge on any atom is 0.306 e. The Morgan fingerprint density at radius 1 is 1.12 bits per heavy atom. The summed E-state index contributed by atoms with van der Waals surface area (Å²) in [4.78, 5) is 55.8. The highest BCUT2D eigenvalue weighted by Crippen LogP contribution is 2.35. The number of rotatable bonds is 15. The molecular formula is C30H41N3O6S. The van der Waals surface area contributed by atoms with Crippen LogP contribution in [0.4, 0.5) is 0 Å². The fourth-order valence-corrected chi connectivity index (χ4v) is 5.65. The highest BCUT2D eigenvalue weighted by Gasteiger charge is 2.33. The zero-order chi connectivity index (χ0) is 29.4. The van der Waals surface area contributed by atoms with Crippen molar-refractivity contribution in [3.8, 4) is 0 Å². The zero-order valence-electron chi connectivity index (χ0n) is 24.0. The Kier molecular flexibility index (Phi) is 11.2. The van der Waals surface area contributed by atoms with Crippen LogP contribution in [0.1, 0.15) is 87.0 Å². The van der Waals surface area contributed by atoms with Crippen molar-refractivity contribution in [1.29, 1.82) is 0 Å². The van der Waals surface area contributed by atoms with Crippen molar-refractivity contribution in [1.82, 2.24) is 15.2 Å². The molecule has 2 aromatic rings. The molecule has 1 aliphatic carbocycles. The van der Waals surface area contributed by atoms with E-state index in [2.05, 4.69) is 10.3 Å². The molecule has 0 saturated heterocycles. The van der Waals surface area contributed by atoms with Gasteiger partial charge in [0.05, 0.1) is 5.92 Å². The summed E-state index contributed by atoms with van der Waals surface area (Å²) in [6, 6.07) is 8.99. The van der Waals surface area contributed by atoms with E-state index in [1.807, 2.05) is 44.2 Å². The number of nitrogens with zero attached hydrogens (tertiary/aromatic N) is 2. The maximum absolute atomic E-state index is 13.2. The van der Waals surface area contributed by atoms with Crippen molar-refractivity contribution in [2.24, 2.45) is 17.8 Å². The third kappa shape index (κ3) is 9.43. The number of carbonyl (C=O) groups excluding carboxylic acids is 3. The Morgan fingerprint density at radius 2 is 1.80 bits per heavy atom. The van der Waals surface area contributed by atoms with E-state index in [0.717, 1.165) is 18.4 Å². The van der Waals surface area contributed by atoms with Crippen molar-refractivity contribution in [2.45, 2.75) is 84.4 Å². The number of carboxylic acid groups (broad SMARTS) is 1. The summed E-state index contributed by atoms with van der Waals surface area (Å²) in [5, 5.41) is 14.5. The number of ether oxygens (including phenoxy) is 1. The number of aliphatic carboxylic acids is 1. The number of hydrogen-bond acceptors (Lipinski definition) is 7. The number of carbonyl (C=O) groups is 4. The van der Waals surface area contributed by atoms with Gasteiger partial charge in [0, 0.05) is 44.3 Å². The van der Waals surface area contributed by atoms with E-state index < -0.39 is 35.9 Å². The minimum Gasteiger partial charge on any atom is -0.481 e. The topological polar surface area (TPSA) is 126 Å². The van der Waals surface area contributed by atoms with E-state index >= 15 is 0 Å². The molecular weight excluding hydrogens is 530 g/mol. The van der Waals surface area contributed by atoms with Crippen LogP contribution >= 0.6 is 11.3 Å². The number of hydrogen-bond donors (Lipinski definition) is 2. The molecule has 2 unspecified atom stereocenters. The first kappa shape index (κ1) is 31.3. The van der Waals surface area contributed by atoms with Gasteiger partial charge in [-0.15, -0.1) is 11.3 Å². The molecule has 40 heavy (non-hydrogen) atoms. The molecule has 0 aliphatic heterocycles. The summed E-state index contributed by atoms with van der Waals surface area (Å²) in [6.45, 7) is 7.01. The quantitative estimate of drug-likeness (QED) is 0.292. The van der Waals surface area contributed by atoms with Crippen molar-refractivity contribution in [3.63, 3.8) is 0 Å². The van der Waals surface area contributed by atoms with E-state index in [4.69, 9.17) is 4.74 Å². The first-order valence-electron chi connectivity index (χ1n) is 13.9. The molecule has 1 saturated carbocycles. The summed E-state index contributed by atoms with van der Waals surface area (Å²) in [5.74, 6) is -1.78. The molecule has 10 heteroatoms. The van der Waals surface area contributed by atoms with Crippen LogP contribution in [0.3, 0.4) is 0 Å². The molecule has 0 spiro atoms. The summed E-state index contributed by atoms with van der Waals surface area (Å²) < 4.78 is 5.65. The van der Waals surface area contributed by atoms with E-state index in [-0.39, 0.29) is 30.0 Å². The molecule has 9 nitrogen and oxygen atoms in total. The molecule has 1 aromatic carbocycles. The Bertz CT molecular complexity index is 1160. The lowest BCUT2D eigenvalue weighted by Gasteiger charge is -2.33. The number of carboxylic acids is 1. The van der Waals surface area contributed by atoms with Gasteiger partial charge in [-0.3, -0.25) is 19.2 Å². The van der Waals surface area contributed by atoms with Gasteiger partial charge in [-0.05, 0) is 43.1 Å². The fraction of sp³-hybridized carbons (Fsp3) is 0.567. The molecule has 2 N–H and O–H groups in total. The Hall–Kier alpha value is -3.27. The third-order valence-corrected chi connectivity index (χ3v) is 8.27. The molecule has 0 bridgehead atoms. The number of thiazole rings is 1. The average Bonchev–Trinajstić information content (AvgIpc) is 3.56. The Labute approximate surface area is 240 Å². The summed E-state index contributed by atoms with van der Waals surface area (Å²) in [6.07, 6.45) is 3.12. The molecule has 218 valence electrons. The van der Waals surface area contributed by atoms with Crippen molar-refractivity contribution in [2.75, 3.05) is 7.05 Å². The second-order valence-electron chi connectivity index (χ2n) is 11.2. The van der Waals surface area contributed by atoms with Gasteiger partial charge in [-0.25, -0.2) is 4.98 Å². The van der Waals surface area contributed by atoms with Crippen LogP contribution in [-0.2, 0) is 25.5 Å². The first-order valence-corrected chi connectivity index (χ1v) is 14.8. The number of esters is 1. The second kappa shape index (κ2) is 14.4. The van der Waals surface area contributed by atoms with Crippen molar-refractivity contribution < 1.29 is 29.0 Å². The van der Waals surface area contributed by atoms with Gasteiger partial charge < -0.3 is 20.1 Å². The number of aromatic nitrogens is 1. The van der Waals surface area contributed by atoms with Gasteiger partial charge in [-0.1, -0.05) is 51.1 Å². The lowest BCUT2D eigenvalue weighted by Crippen LogP contribution is -2.42. The monoisotopic (exact) mass is 571 g/mol. The standard InChI is InChI=1S/C30H41N3O6S/c1-18(2)25(33(5)27(35)15-22-11-12-22)16-26(39-20(4)34)29-32-24(17-40-29)28(36)31-23(13-19(3)30(37)38)14-21-9-7-6-8-10-21/h6-10,17-19,22-23,25-26H,11-16H2,1-5H3,(H,31,36)(H,37,38)/t19-,23+,25?,26?/m0/s1. The molecule has 1 heterocycles. The minimum atomic E-state index is -0.923. The summed E-state index contributed by atoms with van der Waals surface area (Å²) in [5.41, 5.74) is 1.16. The lowest BCUT2D eigenvalue weighted by molar-refractivity contribution is -0.148. The van der Waals surface area contributed by atoms with E-state index in [1.165, 1.54) is 18.3 Å². The predicted molar refractivity (Wildman–Crippen MR) is 153 cm³/mol. The zero-order valence-corrected chi connectivity index (χ0v) is 24.8. The van der Waals surface area contributed by atoms with Crippen LogP contribution in [-0.4, -0.2) is 57.9 Å². The SMILES string of the molecule is CC(=O)OC(CC(C(C)C)N(C)C(=O)CC1CC1)c1nc(C(=O)N[C@@H](Cc2ccccc2)C[C@H](C)C(=O)O)cs1. The Balaban J connectivity index is 1.75. The molecule has 1 fully saturated rings. The van der Waals surface area contributed by atoms with Gasteiger partial charge in [-0.2, -0.15) is 0 Å². The molecule has 1 aliphatic rings. The molecule has 4 atom stereocenters. The second-order valence-corrected chi connectivity index (χ2v) is 12.1. The summed E-state index contributed by atoms with van der Waals surface area (Å²) >= 11 is 1.23. The van der Waals surface area contributed by atoms with Gasteiger partial charge in [0.2, 0.25) is 5.91 Å². The normalized spacial score (nSPS) is 16.1. The lowest BCUT2D eigenvalue weighted by atomic mass is 9.96. The number of amides is 2. The average molecular weight is 572 g/mol. The van der Waals surface area contributed by atoms with Crippen LogP contribution in [0.5, 0.6) is 0 Å². The van der Waals surface area contributed by atoms with E-state index in [0.29, 0.717) is 30.2 Å². The molecule has 3 rings (SSSR count). The van der Waals surface area contributed by atoms with Gasteiger partial charge in [0.15, 0.2) is 6.10 Å². The van der Waals surface area contributed by atoms with Crippen LogP contribution in [0.25, 0.3) is 0 Å². The Morgan fingerprint density at radius 3 is 2.38 bits per heavy atom. The largest absolute Gasteiger partial charge is 0.481 e. The highest BCUT2D eigenvalue weighted by atomic mass is 32.1. The van der Waals surface area contributed by atoms with Crippen molar-refractivity contribution in [3.05, 3.63) is 52.0 Å². The van der Waals surface area contributed by atoms with Crippen LogP contribution < -0.4 is 5.32 Å². The third-order valence-electron chi connectivity index (χ3n) is 7.33. The molecule has 2 amide bonds. The molecule has 0 radical (unpaired) electrons. The van der Waals surface area contributed by atoms with Crippen LogP contribution in [0.2, 0.25) is 0 Å². The van der Waals surface area contributed by atoms with Crippen molar-refractivity contribution >= 4 is 35.1 Å². The number of benzene rings is 1. The minimum absolute atomic E-state index is 0.0852. The summed E-state index contributed by atoms with van der Waals surface area (Å²) in [7, 11) is 1.80. The first-order chi connectivity index (χ1) is 18.9. The fourth-order valence-electron chi connectivity index (χ4n) is 4.81. The van der Waals surface area contributed by atoms with Gasteiger partial charge in [0.1, 0.15) is 10.7 Å². The molecule has 1 aromatic heterocycles. The number of nitrogens with one attached hydrogen (secondary N) is 1. The van der Waals surface area contributed by atoms with Crippen LogP contribution in [0.15, 0.2) is 35.7 Å². The predicted octanol–water partition coefficient (Wildman–Crippen LogP) is 4.87. The van der Waals surface area contributed by atoms with E-state index in [1.54, 1.807) is 24.3 Å². The highest BCUT2D eigenvalue weighted by molar-refractivity contribution is 7.09. The maximum atomic E-state index is 13.2. The smallest absolute Gasteiger partial charge is 0.306 e. The van der Waals surface area contributed by atoms with E-state index in [9.17, 15) is 24.3 Å².